The highest BCUT2D eigenvalue weighted by atomic mass is 16.5. The lowest BCUT2D eigenvalue weighted by Gasteiger charge is -1.99. The molecule has 0 aromatic rings. The van der Waals surface area contributed by atoms with E-state index in [4.69, 9.17) is 4.74 Å². The predicted octanol–water partition coefficient (Wildman–Crippen LogP) is 1.93. The zero-order chi connectivity index (χ0) is 13.4. The van der Waals surface area contributed by atoms with Gasteiger partial charge in [0.15, 0.2) is 5.78 Å². The van der Waals surface area contributed by atoms with E-state index in [1.165, 1.54) is 0 Å². The third-order valence-corrected chi connectivity index (χ3v) is 2.69. The van der Waals surface area contributed by atoms with E-state index >= 15 is 0 Å². The molecule has 0 amide bonds. The van der Waals surface area contributed by atoms with Crippen molar-refractivity contribution in [2.24, 2.45) is 0 Å². The fraction of sp³-hybridized carbons (Fsp3) is 0.571. The van der Waals surface area contributed by atoms with Gasteiger partial charge in [0.1, 0.15) is 0 Å². The third kappa shape index (κ3) is 5.27. The quantitative estimate of drug-likeness (QED) is 0.555. The van der Waals surface area contributed by atoms with Crippen LogP contribution in [0.1, 0.15) is 39.0 Å². The fourth-order valence-electron chi connectivity index (χ4n) is 1.79. The molecular formula is C14H20O4. The van der Waals surface area contributed by atoms with E-state index in [2.05, 4.69) is 0 Å². The van der Waals surface area contributed by atoms with E-state index in [0.29, 0.717) is 18.6 Å². The van der Waals surface area contributed by atoms with Crippen LogP contribution in [0.4, 0.5) is 0 Å². The summed E-state index contributed by atoms with van der Waals surface area (Å²) in [5, 5.41) is 9.24. The highest BCUT2D eigenvalue weighted by Crippen LogP contribution is 2.16. The van der Waals surface area contributed by atoms with Crippen LogP contribution in [0.2, 0.25) is 0 Å². The summed E-state index contributed by atoms with van der Waals surface area (Å²) in [5.74, 6) is -0.163. The second kappa shape index (κ2) is 7.82. The summed E-state index contributed by atoms with van der Waals surface area (Å²) < 4.78 is 4.82. The summed E-state index contributed by atoms with van der Waals surface area (Å²) in [6.45, 7) is 2.22. The molecule has 1 atom stereocenters. The molecule has 1 aliphatic carbocycles. The number of Topliss-reactive ketones (excluding diaryl/α,β-unsaturated/α-hetero) is 1. The number of esters is 1. The normalized spacial score (nSPS) is 19.3. The van der Waals surface area contributed by atoms with E-state index in [1.54, 1.807) is 19.1 Å². The van der Waals surface area contributed by atoms with Gasteiger partial charge in [-0.2, -0.15) is 0 Å². The van der Waals surface area contributed by atoms with Gasteiger partial charge in [-0.25, -0.2) is 0 Å². The van der Waals surface area contributed by atoms with Crippen molar-refractivity contribution < 1.29 is 19.4 Å². The molecule has 100 valence electrons. The van der Waals surface area contributed by atoms with Gasteiger partial charge in [-0.3, -0.25) is 9.59 Å². The number of hydrogen-bond donors (Lipinski definition) is 1. The van der Waals surface area contributed by atoms with Crippen molar-refractivity contribution in [2.45, 2.75) is 45.1 Å². The van der Waals surface area contributed by atoms with Gasteiger partial charge in [0, 0.05) is 18.4 Å². The lowest BCUT2D eigenvalue weighted by Crippen LogP contribution is -2.02. The number of carbonyl (C=O) groups excluding carboxylic acids is 2. The zero-order valence-corrected chi connectivity index (χ0v) is 10.7. The molecule has 1 N–H and O–H groups in total. The molecule has 4 heteroatoms. The second-order valence-electron chi connectivity index (χ2n) is 4.27. The Bertz CT molecular complexity index is 355. The van der Waals surface area contributed by atoms with Crippen LogP contribution in [0.25, 0.3) is 0 Å². The number of ether oxygens (including phenoxy) is 1. The van der Waals surface area contributed by atoms with E-state index in [0.717, 1.165) is 19.3 Å². The van der Waals surface area contributed by atoms with Gasteiger partial charge in [0.25, 0.3) is 0 Å². The molecule has 0 unspecified atom stereocenters. The van der Waals surface area contributed by atoms with Gasteiger partial charge in [-0.05, 0) is 32.3 Å². The van der Waals surface area contributed by atoms with Crippen LogP contribution in [0.3, 0.4) is 0 Å². The first-order chi connectivity index (χ1) is 8.63. The van der Waals surface area contributed by atoms with Crippen molar-refractivity contribution in [1.82, 2.24) is 0 Å². The molecule has 0 fully saturated rings. The lowest BCUT2D eigenvalue weighted by atomic mass is 10.1. The first-order valence-electron chi connectivity index (χ1n) is 6.38. The number of carbonyl (C=O) groups is 2. The minimum Gasteiger partial charge on any atom is -0.466 e. The van der Waals surface area contributed by atoms with Crippen molar-refractivity contribution >= 4 is 11.8 Å². The summed E-state index contributed by atoms with van der Waals surface area (Å²) >= 11 is 0. The maximum Gasteiger partial charge on any atom is 0.305 e. The molecule has 0 saturated heterocycles. The first kappa shape index (κ1) is 14.6. The van der Waals surface area contributed by atoms with Crippen LogP contribution in [0.5, 0.6) is 0 Å². The number of aliphatic hydroxyl groups is 1. The Labute approximate surface area is 107 Å². The van der Waals surface area contributed by atoms with Crippen molar-refractivity contribution in [3.8, 4) is 0 Å². The first-order valence-corrected chi connectivity index (χ1v) is 6.38. The number of allylic oxidation sites excluding steroid dienone is 3. The molecule has 4 nitrogen and oxygen atoms in total. The minimum absolute atomic E-state index is 0.00901. The maximum absolute atomic E-state index is 11.3. The van der Waals surface area contributed by atoms with Crippen LogP contribution in [0, 0.1) is 0 Å². The molecule has 0 radical (unpaired) electrons. The second-order valence-corrected chi connectivity index (χ2v) is 4.27. The number of rotatable bonds is 7. The molecule has 0 saturated carbocycles. The Hall–Kier alpha value is -1.42. The molecule has 1 aliphatic rings. The van der Waals surface area contributed by atoms with Gasteiger partial charge in [0.2, 0.25) is 0 Å². The molecule has 0 heterocycles. The summed E-state index contributed by atoms with van der Waals surface area (Å²) in [6, 6.07) is 0. The molecule has 18 heavy (non-hydrogen) atoms. The highest BCUT2D eigenvalue weighted by molar-refractivity contribution is 6.00. The molecule has 0 aromatic carbocycles. The van der Waals surface area contributed by atoms with Crippen molar-refractivity contribution in [3.63, 3.8) is 0 Å². The van der Waals surface area contributed by atoms with Crippen LogP contribution >= 0.6 is 0 Å². The Morgan fingerprint density at radius 1 is 1.56 bits per heavy atom. The summed E-state index contributed by atoms with van der Waals surface area (Å²) in [5.41, 5.74) is 0.591. The van der Waals surface area contributed by atoms with E-state index in [9.17, 15) is 14.7 Å². The summed E-state index contributed by atoms with van der Waals surface area (Å²) in [6.07, 6.45) is 7.76. The Balaban J connectivity index is 2.13. The van der Waals surface area contributed by atoms with Crippen molar-refractivity contribution in [1.29, 1.82) is 0 Å². The van der Waals surface area contributed by atoms with Crippen molar-refractivity contribution in [2.75, 3.05) is 6.61 Å². The van der Waals surface area contributed by atoms with Crippen LogP contribution in [-0.2, 0) is 14.3 Å². The number of ketones is 1. The Morgan fingerprint density at radius 3 is 2.94 bits per heavy atom. The Morgan fingerprint density at radius 2 is 2.33 bits per heavy atom. The average molecular weight is 252 g/mol. The number of aliphatic hydroxyl groups excluding tert-OH is 1. The van der Waals surface area contributed by atoms with E-state index in [-0.39, 0.29) is 18.2 Å². The van der Waals surface area contributed by atoms with Gasteiger partial charge >= 0.3 is 5.97 Å². The number of hydrogen-bond acceptors (Lipinski definition) is 4. The minimum atomic E-state index is -0.624. The largest absolute Gasteiger partial charge is 0.466 e. The van der Waals surface area contributed by atoms with Gasteiger partial charge in [0.05, 0.1) is 12.7 Å². The van der Waals surface area contributed by atoms with Crippen LogP contribution in [0.15, 0.2) is 23.8 Å². The molecule has 0 aliphatic heterocycles. The summed E-state index contributed by atoms with van der Waals surface area (Å²) in [4.78, 5) is 22.4. The van der Waals surface area contributed by atoms with E-state index in [1.807, 2.05) is 6.08 Å². The monoisotopic (exact) mass is 252 g/mol. The lowest BCUT2D eigenvalue weighted by molar-refractivity contribution is -0.143. The fourth-order valence-corrected chi connectivity index (χ4v) is 1.79. The third-order valence-electron chi connectivity index (χ3n) is 2.69. The summed E-state index contributed by atoms with van der Waals surface area (Å²) in [7, 11) is 0. The molecule has 0 aromatic heterocycles. The van der Waals surface area contributed by atoms with Crippen molar-refractivity contribution in [3.05, 3.63) is 23.8 Å². The zero-order valence-electron chi connectivity index (χ0n) is 10.7. The number of unbranched alkanes of at least 4 members (excludes halogenated alkanes) is 2. The molecule has 1 rings (SSSR count). The SMILES string of the molecule is CCOC(=O)CCCC/C=C\C1=C[C@H](O)CC1=O. The highest BCUT2D eigenvalue weighted by Gasteiger charge is 2.19. The van der Waals surface area contributed by atoms with Gasteiger partial charge in [-0.15, -0.1) is 0 Å². The van der Waals surface area contributed by atoms with Crippen LogP contribution < -0.4 is 0 Å². The Kier molecular flexibility index (Phi) is 6.36. The smallest absolute Gasteiger partial charge is 0.305 e. The maximum atomic E-state index is 11.3. The van der Waals surface area contributed by atoms with Gasteiger partial charge in [-0.1, -0.05) is 12.2 Å². The van der Waals surface area contributed by atoms with Gasteiger partial charge < -0.3 is 9.84 Å². The van der Waals surface area contributed by atoms with E-state index < -0.39 is 6.10 Å². The molecular weight excluding hydrogens is 232 g/mol. The average Bonchev–Trinajstić information content (AvgIpc) is 2.62. The molecule has 0 bridgehead atoms. The standard InChI is InChI=1S/C14H20O4/c1-2-18-14(17)8-6-4-3-5-7-11-9-12(15)10-13(11)16/h5,7,9,12,15H,2-4,6,8,10H2,1H3/b7-5-/t12-/m0/s1. The molecule has 0 spiro atoms. The predicted molar refractivity (Wildman–Crippen MR) is 68.0 cm³/mol. The topological polar surface area (TPSA) is 63.6 Å². The van der Waals surface area contributed by atoms with Crippen LogP contribution in [-0.4, -0.2) is 29.6 Å².